The van der Waals surface area contributed by atoms with Crippen LogP contribution in [0.25, 0.3) is 0 Å². The van der Waals surface area contributed by atoms with Gasteiger partial charge in [0.2, 0.25) is 0 Å². The molecule has 1 unspecified atom stereocenters. The molecule has 0 radical (unpaired) electrons. The van der Waals surface area contributed by atoms with Crippen molar-refractivity contribution in [2.45, 2.75) is 19.8 Å². The van der Waals surface area contributed by atoms with Crippen LogP contribution in [0, 0.1) is 11.7 Å². The summed E-state index contributed by atoms with van der Waals surface area (Å²) in [4.78, 5) is 24.5. The van der Waals surface area contributed by atoms with Gasteiger partial charge in [0.25, 0.3) is 0 Å². The van der Waals surface area contributed by atoms with E-state index in [2.05, 4.69) is 0 Å². The van der Waals surface area contributed by atoms with E-state index in [1.165, 1.54) is 26.4 Å². The van der Waals surface area contributed by atoms with Crippen molar-refractivity contribution in [3.05, 3.63) is 58.4 Å². The molecule has 0 fully saturated rings. The van der Waals surface area contributed by atoms with Crippen molar-refractivity contribution in [3.8, 4) is 0 Å². The van der Waals surface area contributed by atoms with Gasteiger partial charge in [0, 0.05) is 11.5 Å². The third kappa shape index (κ3) is 3.18. The fourth-order valence-electron chi connectivity index (χ4n) is 3.06. The van der Waals surface area contributed by atoms with Gasteiger partial charge in [-0.25, -0.2) is 9.18 Å². The van der Waals surface area contributed by atoms with Gasteiger partial charge in [0.1, 0.15) is 5.82 Å². The summed E-state index contributed by atoms with van der Waals surface area (Å²) >= 11 is 0. The number of rotatable bonds is 3. The number of esters is 2. The van der Waals surface area contributed by atoms with Gasteiger partial charge in [-0.05, 0) is 37.1 Å². The minimum atomic E-state index is -0.650. The van der Waals surface area contributed by atoms with Crippen molar-refractivity contribution in [2.24, 2.45) is 5.92 Å². The average Bonchev–Trinajstić information content (AvgIpc) is 2.53. The van der Waals surface area contributed by atoms with Gasteiger partial charge in [-0.3, -0.25) is 4.79 Å². The van der Waals surface area contributed by atoms with Crippen LogP contribution in [-0.4, -0.2) is 26.2 Å². The second-order valence-electron chi connectivity index (χ2n) is 5.51. The predicted molar refractivity (Wildman–Crippen MR) is 83.1 cm³/mol. The summed E-state index contributed by atoms with van der Waals surface area (Å²) in [5.41, 5.74) is 2.56. The monoisotopic (exact) mass is 318 g/mol. The molecule has 0 saturated carbocycles. The number of carbonyl (C=O) groups excluding carboxylic acids is 2. The van der Waals surface area contributed by atoms with Gasteiger partial charge in [-0.15, -0.1) is 0 Å². The normalized spacial score (nSPS) is 20.8. The first kappa shape index (κ1) is 16.9. The molecule has 0 saturated heterocycles. The summed E-state index contributed by atoms with van der Waals surface area (Å²) in [6.07, 6.45) is 1.79. The van der Waals surface area contributed by atoms with Gasteiger partial charge < -0.3 is 9.47 Å². The van der Waals surface area contributed by atoms with Gasteiger partial charge in [-0.1, -0.05) is 23.8 Å². The van der Waals surface area contributed by atoms with E-state index in [0.29, 0.717) is 11.1 Å². The maximum atomic E-state index is 13.2. The van der Waals surface area contributed by atoms with Crippen LogP contribution in [0.1, 0.15) is 25.3 Å². The summed E-state index contributed by atoms with van der Waals surface area (Å²) in [6, 6.07) is 5.76. The Balaban J connectivity index is 2.65. The second-order valence-corrected chi connectivity index (χ2v) is 5.51. The van der Waals surface area contributed by atoms with E-state index in [0.717, 1.165) is 11.1 Å². The molecular formula is C18H19FO4. The maximum absolute atomic E-state index is 13.2. The molecule has 1 aliphatic rings. The van der Waals surface area contributed by atoms with Crippen LogP contribution >= 0.6 is 0 Å². The lowest BCUT2D eigenvalue weighted by molar-refractivity contribution is -0.144. The average molecular weight is 318 g/mol. The molecular weight excluding hydrogens is 299 g/mol. The highest BCUT2D eigenvalue weighted by molar-refractivity contribution is 5.94. The van der Waals surface area contributed by atoms with Crippen LogP contribution in [0.3, 0.4) is 0 Å². The lowest BCUT2D eigenvalue weighted by Gasteiger charge is -2.32. The fraction of sp³-hybridized carbons (Fsp3) is 0.333. The molecule has 23 heavy (non-hydrogen) atoms. The number of methoxy groups -OCH3 is 2. The molecule has 0 spiro atoms. The van der Waals surface area contributed by atoms with Crippen molar-refractivity contribution in [3.63, 3.8) is 0 Å². The molecule has 0 aromatic heterocycles. The van der Waals surface area contributed by atoms with E-state index < -0.39 is 23.8 Å². The lowest BCUT2D eigenvalue weighted by Crippen LogP contribution is -2.32. The number of halogens is 1. The Bertz CT molecular complexity index is 685. The smallest absolute Gasteiger partial charge is 0.334 e. The molecule has 4 nitrogen and oxygen atoms in total. The minimum absolute atomic E-state index is 0.383. The molecule has 0 amide bonds. The zero-order valence-corrected chi connectivity index (χ0v) is 13.6. The SMILES string of the molecule is COC(=O)C1=C(C)C=C(C)[C@H](C(=O)OC)C1c1ccc(F)cc1. The maximum Gasteiger partial charge on any atom is 0.334 e. The first-order chi connectivity index (χ1) is 10.9. The van der Waals surface area contributed by atoms with Crippen molar-refractivity contribution < 1.29 is 23.5 Å². The Kier molecular flexibility index (Phi) is 4.98. The number of allylic oxidation sites excluding steroid dienone is 2. The van der Waals surface area contributed by atoms with Gasteiger partial charge >= 0.3 is 11.9 Å². The Labute approximate surface area is 134 Å². The molecule has 122 valence electrons. The van der Waals surface area contributed by atoms with E-state index in [4.69, 9.17) is 9.47 Å². The minimum Gasteiger partial charge on any atom is -0.469 e. The topological polar surface area (TPSA) is 52.6 Å². The third-order valence-corrected chi connectivity index (χ3v) is 4.09. The third-order valence-electron chi connectivity index (χ3n) is 4.09. The van der Waals surface area contributed by atoms with E-state index in [1.54, 1.807) is 25.1 Å². The first-order valence-electron chi connectivity index (χ1n) is 7.21. The molecule has 5 heteroatoms. The van der Waals surface area contributed by atoms with E-state index in [-0.39, 0.29) is 5.82 Å². The first-order valence-corrected chi connectivity index (χ1v) is 7.21. The standard InChI is InChI=1S/C18H19FO4/c1-10-9-11(2)15(18(21)23-4)16(14(10)17(20)22-3)12-5-7-13(19)8-6-12/h5-9,14,16H,1-4H3/t14-,16?/m0/s1. The summed E-state index contributed by atoms with van der Waals surface area (Å²) in [5.74, 6) is -2.55. The van der Waals surface area contributed by atoms with Crippen molar-refractivity contribution in [1.29, 1.82) is 0 Å². The van der Waals surface area contributed by atoms with Gasteiger partial charge in [0.05, 0.1) is 20.1 Å². The van der Waals surface area contributed by atoms with Crippen molar-refractivity contribution >= 4 is 11.9 Å². The zero-order valence-electron chi connectivity index (χ0n) is 13.6. The number of carbonyl (C=O) groups is 2. The Hall–Kier alpha value is -2.43. The molecule has 2 rings (SSSR count). The van der Waals surface area contributed by atoms with E-state index in [9.17, 15) is 14.0 Å². The molecule has 0 heterocycles. The van der Waals surface area contributed by atoms with Crippen molar-refractivity contribution in [2.75, 3.05) is 14.2 Å². The Morgan fingerprint density at radius 3 is 2.17 bits per heavy atom. The lowest BCUT2D eigenvalue weighted by atomic mass is 9.72. The zero-order chi connectivity index (χ0) is 17.1. The van der Waals surface area contributed by atoms with Crippen LogP contribution in [0.4, 0.5) is 4.39 Å². The van der Waals surface area contributed by atoms with Crippen LogP contribution in [0.2, 0.25) is 0 Å². The second kappa shape index (κ2) is 6.77. The molecule has 0 aliphatic heterocycles. The number of ether oxygens (including phenoxy) is 2. The number of benzene rings is 1. The summed E-state index contributed by atoms with van der Waals surface area (Å²) < 4.78 is 23.0. The van der Waals surface area contributed by atoms with Crippen molar-refractivity contribution in [1.82, 2.24) is 0 Å². The van der Waals surface area contributed by atoms with Crippen LogP contribution in [-0.2, 0) is 19.1 Å². The summed E-state index contributed by atoms with van der Waals surface area (Å²) in [6.45, 7) is 3.61. The molecule has 1 aromatic carbocycles. The van der Waals surface area contributed by atoms with Gasteiger partial charge in [-0.2, -0.15) is 0 Å². The fourth-order valence-corrected chi connectivity index (χ4v) is 3.06. The van der Waals surface area contributed by atoms with E-state index in [1.807, 2.05) is 6.92 Å². The highest BCUT2D eigenvalue weighted by Crippen LogP contribution is 2.42. The van der Waals surface area contributed by atoms with Gasteiger partial charge in [0.15, 0.2) is 0 Å². The van der Waals surface area contributed by atoms with Crippen LogP contribution in [0.15, 0.2) is 47.1 Å². The summed E-state index contributed by atoms with van der Waals surface area (Å²) in [7, 11) is 2.60. The highest BCUT2D eigenvalue weighted by atomic mass is 19.1. The molecule has 2 atom stereocenters. The summed E-state index contributed by atoms with van der Waals surface area (Å²) in [5, 5.41) is 0. The predicted octanol–water partition coefficient (Wildman–Crippen LogP) is 3.15. The van der Waals surface area contributed by atoms with Crippen LogP contribution in [0.5, 0.6) is 0 Å². The number of hydrogen-bond acceptors (Lipinski definition) is 4. The Morgan fingerprint density at radius 1 is 1.04 bits per heavy atom. The Morgan fingerprint density at radius 2 is 1.65 bits per heavy atom. The highest BCUT2D eigenvalue weighted by Gasteiger charge is 2.40. The largest absolute Gasteiger partial charge is 0.469 e. The number of hydrogen-bond donors (Lipinski definition) is 0. The van der Waals surface area contributed by atoms with Crippen LogP contribution < -0.4 is 0 Å². The molecule has 1 aromatic rings. The molecule has 1 aliphatic carbocycles. The van der Waals surface area contributed by atoms with E-state index >= 15 is 0 Å². The quantitative estimate of drug-likeness (QED) is 0.803. The molecule has 0 bridgehead atoms. The molecule has 0 N–H and O–H groups in total.